The normalized spacial score (nSPS) is 11.2. The number of rotatable bonds is 9. The number of benzene rings is 10. The van der Waals surface area contributed by atoms with Crippen molar-refractivity contribution in [2.75, 3.05) is 4.90 Å². The zero-order valence-electron chi connectivity index (χ0n) is 34.0. The maximum absolute atomic E-state index is 6.41. The van der Waals surface area contributed by atoms with Crippen molar-refractivity contribution in [2.45, 2.75) is 0 Å². The number of hydrogen-bond acceptors (Lipinski definition) is 2. The van der Waals surface area contributed by atoms with Crippen LogP contribution in [0.1, 0.15) is 0 Å². The van der Waals surface area contributed by atoms with Crippen molar-refractivity contribution in [3.63, 3.8) is 0 Å². The molecule has 11 aromatic rings. The van der Waals surface area contributed by atoms with Gasteiger partial charge in [0.15, 0.2) is 0 Å². The molecule has 2 nitrogen and oxygen atoms in total. The highest BCUT2D eigenvalue weighted by molar-refractivity contribution is 6.06. The second kappa shape index (κ2) is 16.1. The molecule has 0 spiro atoms. The van der Waals surface area contributed by atoms with E-state index in [2.05, 4.69) is 241 Å². The van der Waals surface area contributed by atoms with Crippen LogP contribution in [-0.2, 0) is 0 Å². The smallest absolute Gasteiger partial charge is 0.137 e. The summed E-state index contributed by atoms with van der Waals surface area (Å²) in [5.74, 6) is 0. The molecule has 0 saturated carbocycles. The minimum absolute atomic E-state index is 0.863. The molecule has 10 aromatic carbocycles. The molecule has 0 amide bonds. The Morgan fingerprint density at radius 3 is 1.10 bits per heavy atom. The van der Waals surface area contributed by atoms with E-state index in [0.29, 0.717) is 0 Å². The second-order valence-electron chi connectivity index (χ2n) is 15.7. The molecule has 0 saturated heterocycles. The Hall–Kier alpha value is -8.20. The Kier molecular flexibility index (Phi) is 9.57. The Morgan fingerprint density at radius 1 is 0.226 bits per heavy atom. The molecule has 0 N–H and O–H groups in total. The van der Waals surface area contributed by atoms with Crippen molar-refractivity contribution in [3.05, 3.63) is 249 Å². The van der Waals surface area contributed by atoms with Crippen LogP contribution in [0.5, 0.6) is 0 Å². The van der Waals surface area contributed by atoms with Crippen LogP contribution in [0.25, 0.3) is 88.7 Å². The van der Waals surface area contributed by atoms with Gasteiger partial charge in [-0.3, -0.25) is 0 Å². The van der Waals surface area contributed by atoms with Gasteiger partial charge >= 0.3 is 0 Å². The van der Waals surface area contributed by atoms with E-state index >= 15 is 0 Å². The number of fused-ring (bicyclic) bond motifs is 3. The minimum atomic E-state index is 0.863. The SMILES string of the molecule is c1ccc(-c2ccc(-c3ccc(N(c4ccc(-c5ccccc5-c5ccccc5-c5ccccc5-c5ccccc5)cc4)c4ccc5c(c4)oc4ccccc45)cc3)cc2)cc1. The summed E-state index contributed by atoms with van der Waals surface area (Å²) in [5, 5.41) is 2.23. The molecule has 1 heterocycles. The predicted molar refractivity (Wildman–Crippen MR) is 261 cm³/mol. The van der Waals surface area contributed by atoms with Crippen molar-refractivity contribution in [1.29, 1.82) is 0 Å². The van der Waals surface area contributed by atoms with Gasteiger partial charge in [-0.15, -0.1) is 0 Å². The number of nitrogens with zero attached hydrogens (tertiary/aromatic N) is 1. The summed E-state index contributed by atoms with van der Waals surface area (Å²) in [6.45, 7) is 0. The third kappa shape index (κ3) is 6.94. The average molecular weight is 792 g/mol. The van der Waals surface area contributed by atoms with Crippen LogP contribution in [-0.4, -0.2) is 0 Å². The largest absolute Gasteiger partial charge is 0.456 e. The first-order valence-electron chi connectivity index (χ1n) is 21.2. The first-order valence-corrected chi connectivity index (χ1v) is 21.2. The van der Waals surface area contributed by atoms with Crippen molar-refractivity contribution in [1.82, 2.24) is 0 Å². The fourth-order valence-electron chi connectivity index (χ4n) is 8.89. The van der Waals surface area contributed by atoms with Crippen LogP contribution < -0.4 is 4.90 Å². The molecular formula is C60H41NO. The van der Waals surface area contributed by atoms with Gasteiger partial charge in [0, 0.05) is 33.9 Å². The molecule has 0 atom stereocenters. The number of furan rings is 1. The fourth-order valence-corrected chi connectivity index (χ4v) is 8.89. The highest BCUT2D eigenvalue weighted by atomic mass is 16.3. The zero-order valence-corrected chi connectivity index (χ0v) is 34.0. The summed E-state index contributed by atoms with van der Waals surface area (Å²) in [5.41, 5.74) is 19.2. The van der Waals surface area contributed by atoms with Crippen LogP contribution in [0, 0.1) is 0 Å². The van der Waals surface area contributed by atoms with Gasteiger partial charge in [0.2, 0.25) is 0 Å². The second-order valence-corrected chi connectivity index (χ2v) is 15.7. The van der Waals surface area contributed by atoms with E-state index in [9.17, 15) is 0 Å². The van der Waals surface area contributed by atoms with E-state index < -0.39 is 0 Å². The van der Waals surface area contributed by atoms with Crippen LogP contribution in [0.3, 0.4) is 0 Å². The molecule has 62 heavy (non-hydrogen) atoms. The summed E-state index contributed by atoms with van der Waals surface area (Å²) in [7, 11) is 0. The van der Waals surface area contributed by atoms with E-state index in [1.54, 1.807) is 0 Å². The minimum Gasteiger partial charge on any atom is -0.456 e. The quantitative estimate of drug-likeness (QED) is 0.145. The third-order valence-corrected chi connectivity index (χ3v) is 12.0. The number of anilines is 3. The molecule has 0 aliphatic rings. The topological polar surface area (TPSA) is 16.4 Å². The maximum Gasteiger partial charge on any atom is 0.137 e. The average Bonchev–Trinajstić information content (AvgIpc) is 3.73. The van der Waals surface area contributed by atoms with E-state index in [0.717, 1.165) is 44.6 Å². The first kappa shape index (κ1) is 36.8. The van der Waals surface area contributed by atoms with Gasteiger partial charge in [-0.05, 0) is 109 Å². The molecule has 0 unspecified atom stereocenters. The lowest BCUT2D eigenvalue weighted by Crippen LogP contribution is -2.09. The Labute approximate surface area is 362 Å². The van der Waals surface area contributed by atoms with E-state index in [1.165, 1.54) is 61.2 Å². The first-order chi connectivity index (χ1) is 30.7. The standard InChI is InChI=1S/C60H41NO/c1-3-15-42(16-4-1)43-27-29-44(30-28-43)45-31-35-48(36-32-45)61(50-39-40-58-57-25-13-14-26-59(57)62-60(58)41-50)49-37-33-47(34-38-49)52-20-8-10-22-54(52)56-24-12-11-23-55(56)53-21-9-7-19-51(53)46-17-5-2-6-18-46/h1-41H. The molecule has 0 fully saturated rings. The van der Waals surface area contributed by atoms with Crippen molar-refractivity contribution < 1.29 is 4.42 Å². The number of hydrogen-bond donors (Lipinski definition) is 0. The molecule has 0 aliphatic heterocycles. The molecule has 2 heteroatoms. The maximum atomic E-state index is 6.41. The lowest BCUT2D eigenvalue weighted by Gasteiger charge is -2.26. The van der Waals surface area contributed by atoms with Crippen LogP contribution in [0.15, 0.2) is 253 Å². The molecule has 11 rings (SSSR count). The summed E-state index contributed by atoms with van der Waals surface area (Å²) in [6.07, 6.45) is 0. The lowest BCUT2D eigenvalue weighted by molar-refractivity contribution is 0.669. The molecular weight excluding hydrogens is 751 g/mol. The van der Waals surface area contributed by atoms with Gasteiger partial charge in [-0.1, -0.05) is 200 Å². The van der Waals surface area contributed by atoms with Gasteiger partial charge < -0.3 is 9.32 Å². The molecule has 0 aliphatic carbocycles. The van der Waals surface area contributed by atoms with Gasteiger partial charge in [0.1, 0.15) is 11.2 Å². The van der Waals surface area contributed by atoms with E-state index in [4.69, 9.17) is 4.42 Å². The zero-order chi connectivity index (χ0) is 41.2. The van der Waals surface area contributed by atoms with Crippen LogP contribution in [0.4, 0.5) is 17.1 Å². The Morgan fingerprint density at radius 2 is 0.565 bits per heavy atom. The number of para-hydroxylation sites is 1. The summed E-state index contributed by atoms with van der Waals surface area (Å²) < 4.78 is 6.41. The van der Waals surface area contributed by atoms with Crippen molar-refractivity contribution in [2.24, 2.45) is 0 Å². The summed E-state index contributed by atoms with van der Waals surface area (Å²) >= 11 is 0. The van der Waals surface area contributed by atoms with Crippen LogP contribution in [0.2, 0.25) is 0 Å². The molecule has 1 aromatic heterocycles. The highest BCUT2D eigenvalue weighted by Gasteiger charge is 2.18. The van der Waals surface area contributed by atoms with Gasteiger partial charge in [0.05, 0.1) is 0 Å². The van der Waals surface area contributed by atoms with Crippen LogP contribution >= 0.6 is 0 Å². The fraction of sp³-hybridized carbons (Fsp3) is 0. The van der Waals surface area contributed by atoms with E-state index in [-0.39, 0.29) is 0 Å². The summed E-state index contributed by atoms with van der Waals surface area (Å²) in [6, 6.07) is 89.0. The monoisotopic (exact) mass is 791 g/mol. The van der Waals surface area contributed by atoms with Gasteiger partial charge in [0.25, 0.3) is 0 Å². The van der Waals surface area contributed by atoms with Gasteiger partial charge in [-0.25, -0.2) is 0 Å². The molecule has 0 bridgehead atoms. The van der Waals surface area contributed by atoms with Crippen molar-refractivity contribution >= 4 is 39.0 Å². The lowest BCUT2D eigenvalue weighted by atomic mass is 9.87. The molecule has 292 valence electrons. The Bertz CT molecular complexity index is 3310. The highest BCUT2D eigenvalue weighted by Crippen LogP contribution is 2.43. The third-order valence-electron chi connectivity index (χ3n) is 12.0. The Balaban J connectivity index is 0.974. The summed E-state index contributed by atoms with van der Waals surface area (Å²) in [4.78, 5) is 2.32. The molecule has 0 radical (unpaired) electrons. The predicted octanol–water partition coefficient (Wildman–Crippen LogP) is 17.1. The van der Waals surface area contributed by atoms with Gasteiger partial charge in [-0.2, -0.15) is 0 Å². The van der Waals surface area contributed by atoms with Crippen molar-refractivity contribution in [3.8, 4) is 66.8 Å². The van der Waals surface area contributed by atoms with E-state index in [1.807, 2.05) is 12.1 Å².